The molecule has 14 heavy (non-hydrogen) atoms. The molecule has 0 aliphatic heterocycles. The molecule has 84 valence electrons. The molecule has 2 atom stereocenters. The van der Waals surface area contributed by atoms with E-state index in [0.717, 1.165) is 12.8 Å². The summed E-state index contributed by atoms with van der Waals surface area (Å²) < 4.78 is 0. The Morgan fingerprint density at radius 1 is 1.29 bits per heavy atom. The third-order valence-corrected chi connectivity index (χ3v) is 3.71. The van der Waals surface area contributed by atoms with Crippen LogP contribution < -0.4 is 0 Å². The maximum atomic E-state index is 9.63. The topological polar surface area (TPSA) is 23.5 Å². The lowest BCUT2D eigenvalue weighted by Crippen LogP contribution is -2.43. The first-order valence-corrected chi connectivity index (χ1v) is 6.09. The molecule has 0 aromatic carbocycles. The Kier molecular flexibility index (Phi) is 4.90. The van der Waals surface area contributed by atoms with E-state index in [1.54, 1.807) is 0 Å². The Balaban J connectivity index is 2.45. The monoisotopic (exact) mass is 199 g/mol. The Morgan fingerprint density at radius 2 is 1.93 bits per heavy atom. The van der Waals surface area contributed by atoms with Crippen molar-refractivity contribution in [2.75, 3.05) is 7.05 Å². The molecule has 2 nitrogen and oxygen atoms in total. The normalized spacial score (nSPS) is 28.7. The molecule has 0 spiro atoms. The summed E-state index contributed by atoms with van der Waals surface area (Å²) in [7, 11) is 2.22. The highest BCUT2D eigenvalue weighted by molar-refractivity contribution is 4.81. The highest BCUT2D eigenvalue weighted by Gasteiger charge is 2.26. The van der Waals surface area contributed by atoms with Crippen LogP contribution in [0.4, 0.5) is 0 Å². The fourth-order valence-corrected chi connectivity index (χ4v) is 2.67. The number of nitrogens with zero attached hydrogens (tertiary/aromatic N) is 1. The molecule has 1 saturated carbocycles. The van der Waals surface area contributed by atoms with Crippen LogP contribution in [0.1, 0.15) is 52.4 Å². The smallest absolute Gasteiger partial charge is 0.0555 e. The minimum absolute atomic E-state index is 0.0504. The van der Waals surface area contributed by atoms with Crippen molar-refractivity contribution in [1.29, 1.82) is 0 Å². The summed E-state index contributed by atoms with van der Waals surface area (Å²) in [5, 5.41) is 9.63. The summed E-state index contributed by atoms with van der Waals surface area (Å²) in [6, 6.07) is 1.31. The second-order valence-corrected chi connectivity index (χ2v) is 4.61. The Labute approximate surface area is 88.3 Å². The molecule has 0 aromatic rings. The van der Waals surface area contributed by atoms with Crippen molar-refractivity contribution < 1.29 is 5.11 Å². The molecule has 0 amide bonds. The lowest BCUT2D eigenvalue weighted by Gasteiger charge is -2.38. The SMILES string of the molecule is CCC(CC)N(C)C1CCCC(O)C1. The van der Waals surface area contributed by atoms with Crippen LogP contribution in [0.15, 0.2) is 0 Å². The van der Waals surface area contributed by atoms with E-state index in [4.69, 9.17) is 0 Å². The van der Waals surface area contributed by atoms with Gasteiger partial charge in [0.15, 0.2) is 0 Å². The second-order valence-electron chi connectivity index (χ2n) is 4.61. The van der Waals surface area contributed by atoms with E-state index in [9.17, 15) is 5.11 Å². The van der Waals surface area contributed by atoms with Crippen molar-refractivity contribution in [1.82, 2.24) is 4.90 Å². The van der Waals surface area contributed by atoms with Gasteiger partial charge in [-0.25, -0.2) is 0 Å². The fraction of sp³-hybridized carbons (Fsp3) is 1.00. The zero-order valence-electron chi connectivity index (χ0n) is 9.87. The maximum absolute atomic E-state index is 9.63. The summed E-state index contributed by atoms with van der Waals surface area (Å²) in [6.07, 6.45) is 6.84. The average Bonchev–Trinajstić information content (AvgIpc) is 2.19. The van der Waals surface area contributed by atoms with E-state index in [-0.39, 0.29) is 6.10 Å². The minimum atomic E-state index is -0.0504. The first kappa shape index (κ1) is 12.0. The van der Waals surface area contributed by atoms with E-state index in [0.29, 0.717) is 12.1 Å². The van der Waals surface area contributed by atoms with Crippen LogP contribution in [0.3, 0.4) is 0 Å². The van der Waals surface area contributed by atoms with Crippen molar-refractivity contribution in [2.24, 2.45) is 0 Å². The summed E-state index contributed by atoms with van der Waals surface area (Å²) in [5.41, 5.74) is 0. The van der Waals surface area contributed by atoms with E-state index in [2.05, 4.69) is 25.8 Å². The lowest BCUT2D eigenvalue weighted by molar-refractivity contribution is 0.0528. The summed E-state index contributed by atoms with van der Waals surface area (Å²) in [4.78, 5) is 2.49. The number of hydrogen-bond donors (Lipinski definition) is 1. The number of hydrogen-bond acceptors (Lipinski definition) is 2. The minimum Gasteiger partial charge on any atom is -0.393 e. The summed E-state index contributed by atoms with van der Waals surface area (Å²) in [6.45, 7) is 4.51. The molecule has 1 N–H and O–H groups in total. The van der Waals surface area contributed by atoms with Gasteiger partial charge in [0.2, 0.25) is 0 Å². The van der Waals surface area contributed by atoms with Crippen molar-refractivity contribution >= 4 is 0 Å². The molecular formula is C12H25NO. The van der Waals surface area contributed by atoms with E-state index in [1.807, 2.05) is 0 Å². The summed E-state index contributed by atoms with van der Waals surface area (Å²) in [5.74, 6) is 0. The van der Waals surface area contributed by atoms with Gasteiger partial charge in [0, 0.05) is 12.1 Å². The lowest BCUT2D eigenvalue weighted by atomic mass is 9.91. The van der Waals surface area contributed by atoms with Crippen LogP contribution >= 0.6 is 0 Å². The number of aliphatic hydroxyl groups excluding tert-OH is 1. The molecule has 2 unspecified atom stereocenters. The zero-order chi connectivity index (χ0) is 10.6. The quantitative estimate of drug-likeness (QED) is 0.751. The Hall–Kier alpha value is -0.0800. The fourth-order valence-electron chi connectivity index (χ4n) is 2.67. The van der Waals surface area contributed by atoms with E-state index in [1.165, 1.54) is 25.7 Å². The zero-order valence-corrected chi connectivity index (χ0v) is 9.87. The van der Waals surface area contributed by atoms with Gasteiger partial charge in [-0.1, -0.05) is 13.8 Å². The van der Waals surface area contributed by atoms with E-state index < -0.39 is 0 Å². The molecule has 0 bridgehead atoms. The molecule has 1 aliphatic carbocycles. The van der Waals surface area contributed by atoms with Gasteiger partial charge in [0.25, 0.3) is 0 Å². The number of rotatable bonds is 4. The Morgan fingerprint density at radius 3 is 2.43 bits per heavy atom. The van der Waals surface area contributed by atoms with Gasteiger partial charge in [-0.2, -0.15) is 0 Å². The van der Waals surface area contributed by atoms with Gasteiger partial charge >= 0.3 is 0 Å². The first-order chi connectivity index (χ1) is 6.69. The highest BCUT2D eigenvalue weighted by Crippen LogP contribution is 2.24. The molecule has 0 aromatic heterocycles. The standard InChI is InChI=1S/C12H25NO/c1-4-10(5-2)13(3)11-7-6-8-12(14)9-11/h10-12,14H,4-9H2,1-3H3. The van der Waals surface area contributed by atoms with Crippen LogP contribution in [0.2, 0.25) is 0 Å². The molecule has 0 radical (unpaired) electrons. The highest BCUT2D eigenvalue weighted by atomic mass is 16.3. The third-order valence-electron chi connectivity index (χ3n) is 3.71. The van der Waals surface area contributed by atoms with Gasteiger partial charge in [-0.15, -0.1) is 0 Å². The van der Waals surface area contributed by atoms with Crippen LogP contribution in [-0.4, -0.2) is 35.2 Å². The number of aliphatic hydroxyl groups is 1. The van der Waals surface area contributed by atoms with Crippen LogP contribution in [0.5, 0.6) is 0 Å². The molecule has 1 aliphatic rings. The molecule has 0 heterocycles. The molecule has 2 heteroatoms. The van der Waals surface area contributed by atoms with Gasteiger partial charge in [0.05, 0.1) is 6.10 Å². The van der Waals surface area contributed by atoms with Crippen LogP contribution in [-0.2, 0) is 0 Å². The van der Waals surface area contributed by atoms with E-state index >= 15 is 0 Å². The summed E-state index contributed by atoms with van der Waals surface area (Å²) >= 11 is 0. The molecule has 1 rings (SSSR count). The third kappa shape index (κ3) is 2.96. The average molecular weight is 199 g/mol. The van der Waals surface area contributed by atoms with Crippen molar-refractivity contribution in [3.8, 4) is 0 Å². The van der Waals surface area contributed by atoms with Crippen molar-refractivity contribution in [3.05, 3.63) is 0 Å². The van der Waals surface area contributed by atoms with Gasteiger partial charge in [0.1, 0.15) is 0 Å². The van der Waals surface area contributed by atoms with Gasteiger partial charge in [-0.05, 0) is 45.6 Å². The van der Waals surface area contributed by atoms with Gasteiger partial charge < -0.3 is 10.0 Å². The predicted octanol–water partition coefficient (Wildman–Crippen LogP) is 2.41. The molecule has 1 fully saturated rings. The van der Waals surface area contributed by atoms with Crippen LogP contribution in [0.25, 0.3) is 0 Å². The van der Waals surface area contributed by atoms with Crippen LogP contribution in [0, 0.1) is 0 Å². The molecule has 0 saturated heterocycles. The Bertz CT molecular complexity index is 156. The first-order valence-electron chi connectivity index (χ1n) is 6.09. The van der Waals surface area contributed by atoms with Crippen molar-refractivity contribution in [2.45, 2.75) is 70.6 Å². The van der Waals surface area contributed by atoms with Gasteiger partial charge in [-0.3, -0.25) is 0 Å². The largest absolute Gasteiger partial charge is 0.393 e. The second kappa shape index (κ2) is 5.72. The maximum Gasteiger partial charge on any atom is 0.0555 e. The van der Waals surface area contributed by atoms with Crippen molar-refractivity contribution in [3.63, 3.8) is 0 Å². The molecular weight excluding hydrogens is 174 g/mol. The predicted molar refractivity (Wildman–Crippen MR) is 60.4 cm³/mol.